The van der Waals surface area contributed by atoms with Gasteiger partial charge in [0.25, 0.3) is 0 Å². The molecule has 134 valence electrons. The van der Waals surface area contributed by atoms with Crippen LogP contribution in [-0.4, -0.2) is 34.8 Å². The standard InChI is InChI=1S/C19H25N3O2S/c1-13(2)10-22(18(24)14(3)4)11-17(23)21-19-20-16(12-25-19)15-8-6-5-7-9-15/h5-9,12-14H,10-11H2,1-4H3,(H,20,21,23). The van der Waals surface area contributed by atoms with Gasteiger partial charge in [-0.05, 0) is 5.92 Å². The normalized spacial score (nSPS) is 11.0. The van der Waals surface area contributed by atoms with Crippen LogP contribution >= 0.6 is 11.3 Å². The number of aromatic nitrogens is 1. The van der Waals surface area contributed by atoms with Crippen molar-refractivity contribution in [2.75, 3.05) is 18.4 Å². The molecular formula is C19H25N3O2S. The Hall–Kier alpha value is -2.21. The van der Waals surface area contributed by atoms with Crippen molar-refractivity contribution in [3.8, 4) is 11.3 Å². The molecule has 1 aromatic heterocycles. The number of thiazole rings is 1. The smallest absolute Gasteiger partial charge is 0.245 e. The maximum Gasteiger partial charge on any atom is 0.245 e. The quantitative estimate of drug-likeness (QED) is 0.816. The Morgan fingerprint density at radius 2 is 1.84 bits per heavy atom. The molecule has 0 radical (unpaired) electrons. The molecule has 2 rings (SSSR count). The topological polar surface area (TPSA) is 62.3 Å². The molecule has 0 bridgehead atoms. The molecule has 0 atom stereocenters. The molecular weight excluding hydrogens is 334 g/mol. The van der Waals surface area contributed by atoms with Crippen molar-refractivity contribution in [3.05, 3.63) is 35.7 Å². The summed E-state index contributed by atoms with van der Waals surface area (Å²) in [6, 6.07) is 9.81. The zero-order valence-electron chi connectivity index (χ0n) is 15.2. The van der Waals surface area contributed by atoms with Gasteiger partial charge >= 0.3 is 0 Å². The summed E-state index contributed by atoms with van der Waals surface area (Å²) in [5.41, 5.74) is 1.84. The molecule has 0 aliphatic rings. The summed E-state index contributed by atoms with van der Waals surface area (Å²) in [6.45, 7) is 8.38. The van der Waals surface area contributed by atoms with Crippen molar-refractivity contribution in [1.82, 2.24) is 9.88 Å². The molecule has 1 N–H and O–H groups in total. The number of anilines is 1. The number of nitrogens with one attached hydrogen (secondary N) is 1. The maximum absolute atomic E-state index is 12.3. The number of carbonyl (C=O) groups excluding carboxylic acids is 2. The highest BCUT2D eigenvalue weighted by Gasteiger charge is 2.21. The van der Waals surface area contributed by atoms with Gasteiger partial charge in [0.15, 0.2) is 5.13 Å². The summed E-state index contributed by atoms with van der Waals surface area (Å²) in [7, 11) is 0. The van der Waals surface area contributed by atoms with Gasteiger partial charge in [-0.1, -0.05) is 58.0 Å². The summed E-state index contributed by atoms with van der Waals surface area (Å²) >= 11 is 1.38. The van der Waals surface area contributed by atoms with Crippen LogP contribution in [0.2, 0.25) is 0 Å². The third kappa shape index (κ3) is 5.67. The van der Waals surface area contributed by atoms with E-state index >= 15 is 0 Å². The molecule has 6 heteroatoms. The van der Waals surface area contributed by atoms with E-state index in [4.69, 9.17) is 0 Å². The number of carbonyl (C=O) groups is 2. The molecule has 1 aromatic carbocycles. The van der Waals surface area contributed by atoms with Crippen LogP contribution in [0.1, 0.15) is 27.7 Å². The minimum Gasteiger partial charge on any atom is -0.333 e. The summed E-state index contributed by atoms with van der Waals surface area (Å²) in [6.07, 6.45) is 0. The Balaban J connectivity index is 2.01. The van der Waals surface area contributed by atoms with E-state index in [0.717, 1.165) is 11.3 Å². The molecule has 1 heterocycles. The fraction of sp³-hybridized carbons (Fsp3) is 0.421. The second kappa shape index (κ2) is 8.76. The molecule has 0 spiro atoms. The maximum atomic E-state index is 12.3. The lowest BCUT2D eigenvalue weighted by molar-refractivity contribution is -0.137. The highest BCUT2D eigenvalue weighted by molar-refractivity contribution is 7.14. The van der Waals surface area contributed by atoms with Gasteiger partial charge in [0.1, 0.15) is 0 Å². The second-order valence-corrected chi connectivity index (χ2v) is 7.58. The molecule has 0 saturated heterocycles. The predicted molar refractivity (Wildman–Crippen MR) is 102 cm³/mol. The number of nitrogens with zero attached hydrogens (tertiary/aromatic N) is 2. The van der Waals surface area contributed by atoms with Crippen LogP contribution in [0.3, 0.4) is 0 Å². The van der Waals surface area contributed by atoms with E-state index in [1.807, 2.05) is 63.4 Å². The van der Waals surface area contributed by atoms with Gasteiger partial charge in [-0.15, -0.1) is 11.3 Å². The minimum atomic E-state index is -0.219. The SMILES string of the molecule is CC(C)CN(CC(=O)Nc1nc(-c2ccccc2)cs1)C(=O)C(C)C. The highest BCUT2D eigenvalue weighted by atomic mass is 32.1. The first-order valence-electron chi connectivity index (χ1n) is 8.46. The van der Waals surface area contributed by atoms with E-state index in [1.165, 1.54) is 11.3 Å². The van der Waals surface area contributed by atoms with Crippen molar-refractivity contribution in [1.29, 1.82) is 0 Å². The van der Waals surface area contributed by atoms with Crippen molar-refractivity contribution in [2.45, 2.75) is 27.7 Å². The highest BCUT2D eigenvalue weighted by Crippen LogP contribution is 2.24. The molecule has 5 nitrogen and oxygen atoms in total. The van der Waals surface area contributed by atoms with E-state index in [9.17, 15) is 9.59 Å². The summed E-state index contributed by atoms with van der Waals surface area (Å²) < 4.78 is 0. The zero-order valence-corrected chi connectivity index (χ0v) is 16.0. The Morgan fingerprint density at radius 3 is 2.44 bits per heavy atom. The van der Waals surface area contributed by atoms with Crippen molar-refractivity contribution < 1.29 is 9.59 Å². The third-order valence-corrected chi connectivity index (χ3v) is 4.30. The number of hydrogen-bond acceptors (Lipinski definition) is 4. The zero-order chi connectivity index (χ0) is 18.4. The summed E-state index contributed by atoms with van der Waals surface area (Å²) in [4.78, 5) is 30.7. The monoisotopic (exact) mass is 359 g/mol. The number of amides is 2. The van der Waals surface area contributed by atoms with E-state index in [-0.39, 0.29) is 24.3 Å². The van der Waals surface area contributed by atoms with Gasteiger partial charge in [-0.2, -0.15) is 0 Å². The first-order chi connectivity index (χ1) is 11.9. The molecule has 0 fully saturated rings. The van der Waals surface area contributed by atoms with Gasteiger partial charge in [-0.25, -0.2) is 4.98 Å². The molecule has 2 amide bonds. The van der Waals surface area contributed by atoms with E-state index in [2.05, 4.69) is 10.3 Å². The van der Waals surface area contributed by atoms with Crippen molar-refractivity contribution in [2.24, 2.45) is 11.8 Å². The average molecular weight is 359 g/mol. The molecule has 25 heavy (non-hydrogen) atoms. The van der Waals surface area contributed by atoms with Crippen LogP contribution in [-0.2, 0) is 9.59 Å². The largest absolute Gasteiger partial charge is 0.333 e. The third-order valence-electron chi connectivity index (χ3n) is 3.55. The lowest BCUT2D eigenvalue weighted by atomic mass is 10.1. The van der Waals surface area contributed by atoms with Gasteiger partial charge in [0, 0.05) is 23.4 Å². The first kappa shape index (κ1) is 19.1. The van der Waals surface area contributed by atoms with Crippen LogP contribution in [0.4, 0.5) is 5.13 Å². The van der Waals surface area contributed by atoms with Gasteiger partial charge in [-0.3, -0.25) is 9.59 Å². The van der Waals surface area contributed by atoms with E-state index in [0.29, 0.717) is 17.6 Å². The Kier molecular flexibility index (Phi) is 6.70. The number of rotatable bonds is 7. The van der Waals surface area contributed by atoms with Crippen LogP contribution in [0, 0.1) is 11.8 Å². The fourth-order valence-corrected chi connectivity index (χ4v) is 3.18. The van der Waals surface area contributed by atoms with E-state index < -0.39 is 0 Å². The summed E-state index contributed by atoms with van der Waals surface area (Å²) in [5.74, 6) is -0.0484. The average Bonchev–Trinajstić information content (AvgIpc) is 3.02. The van der Waals surface area contributed by atoms with Crippen molar-refractivity contribution >= 4 is 28.3 Å². The fourth-order valence-electron chi connectivity index (χ4n) is 2.44. The van der Waals surface area contributed by atoms with Crippen LogP contribution in [0.15, 0.2) is 35.7 Å². The Bertz CT molecular complexity index is 710. The summed E-state index contributed by atoms with van der Waals surface area (Å²) in [5, 5.41) is 5.26. The van der Waals surface area contributed by atoms with Gasteiger partial charge < -0.3 is 10.2 Å². The molecule has 2 aromatic rings. The number of hydrogen-bond donors (Lipinski definition) is 1. The second-order valence-electron chi connectivity index (χ2n) is 6.72. The molecule has 0 aliphatic heterocycles. The van der Waals surface area contributed by atoms with Crippen molar-refractivity contribution in [3.63, 3.8) is 0 Å². The molecule has 0 unspecified atom stereocenters. The first-order valence-corrected chi connectivity index (χ1v) is 9.34. The van der Waals surface area contributed by atoms with Crippen LogP contribution < -0.4 is 5.32 Å². The predicted octanol–water partition coefficient (Wildman–Crippen LogP) is 3.89. The van der Waals surface area contributed by atoms with Gasteiger partial charge in [0.2, 0.25) is 11.8 Å². The lowest BCUT2D eigenvalue weighted by Crippen LogP contribution is -2.42. The molecule has 0 saturated carbocycles. The lowest BCUT2D eigenvalue weighted by Gasteiger charge is -2.25. The Morgan fingerprint density at radius 1 is 1.16 bits per heavy atom. The minimum absolute atomic E-state index is 0.00652. The Labute approximate surface area is 153 Å². The van der Waals surface area contributed by atoms with Crippen LogP contribution in [0.5, 0.6) is 0 Å². The number of benzene rings is 1. The van der Waals surface area contributed by atoms with E-state index in [1.54, 1.807) is 4.90 Å². The molecule has 0 aliphatic carbocycles. The van der Waals surface area contributed by atoms with Crippen LogP contribution in [0.25, 0.3) is 11.3 Å². The van der Waals surface area contributed by atoms with Gasteiger partial charge in [0.05, 0.1) is 12.2 Å².